The number of hydrogen-bond acceptors (Lipinski definition) is 3. The molecule has 0 radical (unpaired) electrons. The summed E-state index contributed by atoms with van der Waals surface area (Å²) in [5.41, 5.74) is 2.98. The summed E-state index contributed by atoms with van der Waals surface area (Å²) in [6.07, 6.45) is 3.07. The van der Waals surface area contributed by atoms with E-state index in [9.17, 15) is 4.79 Å². The lowest BCUT2D eigenvalue weighted by molar-refractivity contribution is -0.115. The summed E-state index contributed by atoms with van der Waals surface area (Å²) in [5.74, 6) is 1.87. The normalized spacial score (nSPS) is 16.5. The van der Waals surface area contributed by atoms with E-state index in [0.29, 0.717) is 6.42 Å². The summed E-state index contributed by atoms with van der Waals surface area (Å²) in [6.45, 7) is 0. The summed E-state index contributed by atoms with van der Waals surface area (Å²) >= 11 is 0. The molecule has 0 saturated carbocycles. The average Bonchev–Trinajstić information content (AvgIpc) is 2.71. The Morgan fingerprint density at radius 2 is 1.44 bits per heavy atom. The smallest absolute Gasteiger partial charge is 0.158 e. The Hall–Kier alpha value is -3.33. The van der Waals surface area contributed by atoms with Crippen molar-refractivity contribution in [3.05, 3.63) is 102 Å². The maximum absolute atomic E-state index is 12.3. The monoisotopic (exact) mass is 355 g/mol. The molecule has 3 heteroatoms. The molecule has 134 valence electrons. The van der Waals surface area contributed by atoms with Crippen LogP contribution in [0, 0.1) is 0 Å². The van der Waals surface area contributed by atoms with Crippen LogP contribution in [0.5, 0.6) is 11.5 Å². The first-order valence-electron chi connectivity index (χ1n) is 9.15. The fourth-order valence-electron chi connectivity index (χ4n) is 3.39. The van der Waals surface area contributed by atoms with Gasteiger partial charge in [0.15, 0.2) is 11.5 Å². The molecular weight excluding hydrogens is 334 g/mol. The molecule has 1 aliphatic rings. The van der Waals surface area contributed by atoms with E-state index < -0.39 is 0 Å². The molecule has 0 aromatic heterocycles. The van der Waals surface area contributed by atoms with E-state index >= 15 is 0 Å². The highest BCUT2D eigenvalue weighted by atomic mass is 16.5. The molecule has 1 N–H and O–H groups in total. The molecule has 1 aliphatic carbocycles. The zero-order valence-electron chi connectivity index (χ0n) is 15.0. The second-order valence-corrected chi connectivity index (χ2v) is 6.69. The maximum atomic E-state index is 12.3. The molecule has 0 unspecified atom stereocenters. The van der Waals surface area contributed by atoms with Crippen LogP contribution in [-0.4, -0.2) is 5.78 Å². The SMILES string of the molecule is O=C1C=C(Nc2ccccc2Oc2ccccc2)C[C@@H](c2ccccc2)C1. The van der Waals surface area contributed by atoms with Crippen LogP contribution in [0.2, 0.25) is 0 Å². The number of nitrogens with one attached hydrogen (secondary N) is 1. The summed E-state index contributed by atoms with van der Waals surface area (Å²) < 4.78 is 6.01. The van der Waals surface area contributed by atoms with Gasteiger partial charge in [-0.2, -0.15) is 0 Å². The lowest BCUT2D eigenvalue weighted by Gasteiger charge is -2.24. The number of ether oxygens (including phenoxy) is 1. The number of ketones is 1. The Morgan fingerprint density at radius 1 is 0.778 bits per heavy atom. The highest BCUT2D eigenvalue weighted by Gasteiger charge is 2.22. The minimum atomic E-state index is 0.152. The number of rotatable bonds is 5. The first kappa shape index (κ1) is 17.1. The van der Waals surface area contributed by atoms with Crippen LogP contribution in [0.4, 0.5) is 5.69 Å². The van der Waals surface area contributed by atoms with Crippen molar-refractivity contribution in [2.24, 2.45) is 0 Å². The average molecular weight is 355 g/mol. The third-order valence-corrected chi connectivity index (χ3v) is 4.67. The Kier molecular flexibility index (Phi) is 5.01. The van der Waals surface area contributed by atoms with Crippen LogP contribution in [-0.2, 0) is 4.79 Å². The van der Waals surface area contributed by atoms with Crippen LogP contribution >= 0.6 is 0 Å². The highest BCUT2D eigenvalue weighted by molar-refractivity contribution is 5.92. The largest absolute Gasteiger partial charge is 0.455 e. The molecule has 1 atom stereocenters. The number of para-hydroxylation sites is 3. The number of hydrogen-bond donors (Lipinski definition) is 1. The van der Waals surface area contributed by atoms with E-state index in [0.717, 1.165) is 29.3 Å². The third-order valence-electron chi connectivity index (χ3n) is 4.67. The lowest BCUT2D eigenvalue weighted by atomic mass is 9.85. The van der Waals surface area contributed by atoms with Gasteiger partial charge in [0.05, 0.1) is 5.69 Å². The van der Waals surface area contributed by atoms with Gasteiger partial charge in [-0.05, 0) is 42.2 Å². The molecule has 0 amide bonds. The fraction of sp³-hybridized carbons (Fsp3) is 0.125. The Bertz CT molecular complexity index is 948. The van der Waals surface area contributed by atoms with Crippen molar-refractivity contribution < 1.29 is 9.53 Å². The molecule has 0 fully saturated rings. The van der Waals surface area contributed by atoms with Gasteiger partial charge in [0.1, 0.15) is 5.75 Å². The summed E-state index contributed by atoms with van der Waals surface area (Å²) in [7, 11) is 0. The van der Waals surface area contributed by atoms with Crippen LogP contribution in [0.3, 0.4) is 0 Å². The van der Waals surface area contributed by atoms with Crippen LogP contribution < -0.4 is 10.1 Å². The second-order valence-electron chi connectivity index (χ2n) is 6.69. The number of allylic oxidation sites excluding steroid dienone is 2. The summed E-state index contributed by atoms with van der Waals surface area (Å²) in [4.78, 5) is 12.3. The lowest BCUT2D eigenvalue weighted by Crippen LogP contribution is -2.16. The van der Waals surface area contributed by atoms with Gasteiger partial charge < -0.3 is 10.1 Å². The van der Waals surface area contributed by atoms with Gasteiger partial charge in [-0.1, -0.05) is 60.7 Å². The topological polar surface area (TPSA) is 38.3 Å². The van der Waals surface area contributed by atoms with Crippen LogP contribution in [0.15, 0.2) is 96.7 Å². The quantitative estimate of drug-likeness (QED) is 0.617. The van der Waals surface area contributed by atoms with Gasteiger partial charge in [0.25, 0.3) is 0 Å². The molecule has 27 heavy (non-hydrogen) atoms. The first-order valence-corrected chi connectivity index (χ1v) is 9.15. The molecule has 0 aliphatic heterocycles. The van der Waals surface area contributed by atoms with Gasteiger partial charge >= 0.3 is 0 Å². The fourth-order valence-corrected chi connectivity index (χ4v) is 3.39. The van der Waals surface area contributed by atoms with Crippen molar-refractivity contribution in [1.82, 2.24) is 0 Å². The van der Waals surface area contributed by atoms with E-state index in [4.69, 9.17) is 4.74 Å². The summed E-state index contributed by atoms with van der Waals surface area (Å²) in [5, 5.41) is 3.42. The minimum absolute atomic E-state index is 0.152. The molecule has 4 rings (SSSR count). The Morgan fingerprint density at radius 3 is 2.22 bits per heavy atom. The predicted octanol–water partition coefficient (Wildman–Crippen LogP) is 5.92. The standard InChI is InChI=1S/C24H21NO2/c26-21-16-19(18-9-3-1-4-10-18)15-20(17-21)25-23-13-7-8-14-24(23)27-22-11-5-2-6-12-22/h1-14,17,19,25H,15-16H2/t19-/m1/s1. The van der Waals surface area contributed by atoms with Crippen molar-refractivity contribution in [2.75, 3.05) is 5.32 Å². The van der Waals surface area contributed by atoms with E-state index in [2.05, 4.69) is 17.4 Å². The second kappa shape index (κ2) is 7.92. The van der Waals surface area contributed by atoms with Gasteiger partial charge in [-0.25, -0.2) is 0 Å². The van der Waals surface area contributed by atoms with E-state index in [1.54, 1.807) is 6.08 Å². The van der Waals surface area contributed by atoms with Gasteiger partial charge in [-0.3, -0.25) is 4.79 Å². The number of carbonyl (C=O) groups is 1. The van der Waals surface area contributed by atoms with Crippen molar-refractivity contribution in [2.45, 2.75) is 18.8 Å². The van der Waals surface area contributed by atoms with Gasteiger partial charge in [0.2, 0.25) is 0 Å². The van der Waals surface area contributed by atoms with E-state index in [1.807, 2.05) is 72.8 Å². The minimum Gasteiger partial charge on any atom is -0.455 e. The van der Waals surface area contributed by atoms with E-state index in [-0.39, 0.29) is 11.7 Å². The predicted molar refractivity (Wildman–Crippen MR) is 108 cm³/mol. The maximum Gasteiger partial charge on any atom is 0.158 e. The molecule has 3 aromatic carbocycles. The molecule has 0 saturated heterocycles. The highest BCUT2D eigenvalue weighted by Crippen LogP contribution is 2.35. The summed E-state index contributed by atoms with van der Waals surface area (Å²) in [6, 6.07) is 27.7. The van der Waals surface area contributed by atoms with Gasteiger partial charge in [-0.15, -0.1) is 0 Å². The molecule has 0 heterocycles. The first-order chi connectivity index (χ1) is 13.3. The Labute approximate surface area is 159 Å². The number of carbonyl (C=O) groups excluding carboxylic acids is 1. The zero-order valence-corrected chi connectivity index (χ0v) is 15.0. The van der Waals surface area contributed by atoms with Crippen molar-refractivity contribution in [3.63, 3.8) is 0 Å². The van der Waals surface area contributed by atoms with E-state index in [1.165, 1.54) is 5.56 Å². The van der Waals surface area contributed by atoms with Crippen molar-refractivity contribution >= 4 is 11.5 Å². The molecule has 0 bridgehead atoms. The van der Waals surface area contributed by atoms with Crippen molar-refractivity contribution in [3.8, 4) is 11.5 Å². The van der Waals surface area contributed by atoms with Crippen LogP contribution in [0.25, 0.3) is 0 Å². The molecule has 0 spiro atoms. The molecule has 3 nitrogen and oxygen atoms in total. The molecular formula is C24H21NO2. The molecule has 3 aromatic rings. The third kappa shape index (κ3) is 4.26. The zero-order chi connectivity index (χ0) is 18.5. The Balaban J connectivity index is 1.54. The number of anilines is 1. The van der Waals surface area contributed by atoms with Crippen molar-refractivity contribution in [1.29, 1.82) is 0 Å². The van der Waals surface area contributed by atoms with Gasteiger partial charge in [0, 0.05) is 18.2 Å². The number of benzene rings is 3. The van der Waals surface area contributed by atoms with Crippen LogP contribution in [0.1, 0.15) is 24.3 Å².